The molecule has 35 heavy (non-hydrogen) atoms. The second-order valence-corrected chi connectivity index (χ2v) is 13.2. The Morgan fingerprint density at radius 2 is 1.74 bits per heavy atom. The molecule has 4 heterocycles. The van der Waals surface area contributed by atoms with Crippen LogP contribution < -0.4 is 0 Å². The summed E-state index contributed by atoms with van der Waals surface area (Å²) in [5, 5.41) is 10.4. The highest BCUT2D eigenvalue weighted by molar-refractivity contribution is 8.02. The Kier molecular flexibility index (Phi) is 7.19. The van der Waals surface area contributed by atoms with Crippen LogP contribution in [0.25, 0.3) is 0 Å². The van der Waals surface area contributed by atoms with E-state index in [9.17, 15) is 19.5 Å². The molecule has 4 aliphatic rings. The van der Waals surface area contributed by atoms with Crippen LogP contribution in [0.5, 0.6) is 0 Å². The number of aliphatic hydroxyl groups is 1. The van der Waals surface area contributed by atoms with Crippen LogP contribution in [-0.4, -0.2) is 91.9 Å². The first-order chi connectivity index (χ1) is 16.5. The van der Waals surface area contributed by atoms with Gasteiger partial charge in [0.25, 0.3) is 0 Å². The van der Waals surface area contributed by atoms with Gasteiger partial charge in [0.05, 0.1) is 29.2 Å². The molecule has 0 bridgehead atoms. The molecule has 3 amide bonds. The zero-order valence-electron chi connectivity index (χ0n) is 21.9. The summed E-state index contributed by atoms with van der Waals surface area (Å²) in [4.78, 5) is 47.6. The van der Waals surface area contributed by atoms with Gasteiger partial charge in [-0.3, -0.25) is 14.4 Å². The van der Waals surface area contributed by atoms with Gasteiger partial charge in [0.15, 0.2) is 0 Å². The molecule has 4 rings (SSSR count). The van der Waals surface area contributed by atoms with Gasteiger partial charge < -0.3 is 19.8 Å². The fourth-order valence-electron chi connectivity index (χ4n) is 6.78. The summed E-state index contributed by atoms with van der Waals surface area (Å²) in [6, 6.07) is -1.16. The topological polar surface area (TPSA) is 81.2 Å². The Morgan fingerprint density at radius 3 is 2.37 bits per heavy atom. The predicted molar refractivity (Wildman–Crippen MR) is 139 cm³/mol. The Hall–Kier alpha value is -1.80. The number of likely N-dealkylation sites (N-methyl/N-ethyl adjacent to an activating group) is 1. The van der Waals surface area contributed by atoms with E-state index in [0.29, 0.717) is 19.5 Å². The standard InChI is InChI=1S/C27H41N3O4S/c1-7-10-18(4)29-14-9-12-27-21(20-23(32)28(6)13-8-11-26(20,5)35-27)24(33)30(22(27)25(29)34)19(16-31)15-17(2)3/h8-9,11-12,17-22,31H,7,10,13-16H2,1-6H3/t18?,19-,20-,21+,22?,26+,27+/m1/s1. The molecule has 0 aromatic carbocycles. The van der Waals surface area contributed by atoms with E-state index in [4.69, 9.17) is 0 Å². The summed E-state index contributed by atoms with van der Waals surface area (Å²) in [6.07, 6.45) is 10.6. The van der Waals surface area contributed by atoms with Gasteiger partial charge in [-0.1, -0.05) is 51.5 Å². The fourth-order valence-corrected chi connectivity index (χ4v) is 8.93. The van der Waals surface area contributed by atoms with Crippen molar-refractivity contribution in [2.75, 3.05) is 26.7 Å². The van der Waals surface area contributed by atoms with Gasteiger partial charge in [-0.25, -0.2) is 0 Å². The third kappa shape index (κ3) is 4.05. The third-order valence-electron chi connectivity index (χ3n) is 8.31. The quantitative estimate of drug-likeness (QED) is 0.541. The van der Waals surface area contributed by atoms with Crippen molar-refractivity contribution in [2.45, 2.75) is 81.5 Å². The minimum Gasteiger partial charge on any atom is -0.394 e. The molecule has 0 saturated carbocycles. The molecule has 8 heteroatoms. The van der Waals surface area contributed by atoms with Gasteiger partial charge in [0, 0.05) is 30.9 Å². The number of hydrogen-bond acceptors (Lipinski definition) is 5. The molecule has 4 aliphatic heterocycles. The normalized spacial score (nSPS) is 36.3. The van der Waals surface area contributed by atoms with E-state index in [0.717, 1.165) is 12.8 Å². The number of hydrogen-bond donors (Lipinski definition) is 1. The molecule has 2 unspecified atom stereocenters. The van der Waals surface area contributed by atoms with E-state index in [1.54, 1.807) is 28.6 Å². The van der Waals surface area contributed by atoms with Gasteiger partial charge >= 0.3 is 0 Å². The number of likely N-dealkylation sites (tertiary alicyclic amines) is 1. The van der Waals surface area contributed by atoms with Crippen molar-refractivity contribution < 1.29 is 19.5 Å². The highest BCUT2D eigenvalue weighted by atomic mass is 32.2. The Balaban J connectivity index is 1.89. The average molecular weight is 504 g/mol. The summed E-state index contributed by atoms with van der Waals surface area (Å²) in [6.45, 7) is 11.1. The molecule has 0 aliphatic carbocycles. The second-order valence-electron chi connectivity index (χ2n) is 11.4. The molecule has 1 N–H and O–H groups in total. The first-order valence-corrected chi connectivity index (χ1v) is 13.9. The van der Waals surface area contributed by atoms with Gasteiger partial charge in [-0.05, 0) is 32.6 Å². The first kappa shape index (κ1) is 26.3. The summed E-state index contributed by atoms with van der Waals surface area (Å²) in [7, 11) is 1.78. The zero-order chi connectivity index (χ0) is 25.7. The van der Waals surface area contributed by atoms with E-state index >= 15 is 0 Å². The van der Waals surface area contributed by atoms with Crippen molar-refractivity contribution in [1.29, 1.82) is 0 Å². The van der Waals surface area contributed by atoms with Gasteiger partial charge in [-0.2, -0.15) is 0 Å². The number of amides is 3. The lowest BCUT2D eigenvalue weighted by Crippen LogP contribution is -2.58. The number of rotatable bonds is 7. The smallest absolute Gasteiger partial charge is 0.247 e. The maximum Gasteiger partial charge on any atom is 0.247 e. The molecular weight excluding hydrogens is 462 g/mol. The van der Waals surface area contributed by atoms with Gasteiger partial charge in [0.1, 0.15) is 6.04 Å². The van der Waals surface area contributed by atoms with Gasteiger partial charge in [0.2, 0.25) is 17.7 Å². The summed E-state index contributed by atoms with van der Waals surface area (Å²) < 4.78 is -1.44. The lowest BCUT2D eigenvalue weighted by atomic mass is 9.74. The van der Waals surface area contributed by atoms with Crippen LogP contribution >= 0.6 is 11.8 Å². The number of carbonyl (C=O) groups excluding carboxylic acids is 3. The van der Waals surface area contributed by atoms with E-state index < -0.39 is 33.4 Å². The fraction of sp³-hybridized carbons (Fsp3) is 0.741. The number of fused-ring (bicyclic) bond motifs is 2. The first-order valence-electron chi connectivity index (χ1n) is 13.1. The highest BCUT2D eigenvalue weighted by Crippen LogP contribution is 2.65. The molecule has 0 aromatic rings. The Bertz CT molecular complexity index is 935. The van der Waals surface area contributed by atoms with Crippen molar-refractivity contribution >= 4 is 29.5 Å². The van der Waals surface area contributed by atoms with Crippen LogP contribution in [0.3, 0.4) is 0 Å². The maximum atomic E-state index is 14.4. The highest BCUT2D eigenvalue weighted by Gasteiger charge is 2.74. The lowest BCUT2D eigenvalue weighted by Gasteiger charge is -2.41. The van der Waals surface area contributed by atoms with E-state index in [2.05, 4.69) is 39.8 Å². The molecular formula is C27H41N3O4S. The van der Waals surface area contributed by atoms with Crippen molar-refractivity contribution in [2.24, 2.45) is 17.8 Å². The number of nitrogens with zero attached hydrogens (tertiary/aromatic N) is 3. The molecule has 0 radical (unpaired) electrons. The van der Waals surface area contributed by atoms with Crippen molar-refractivity contribution in [3.8, 4) is 0 Å². The third-order valence-corrected chi connectivity index (χ3v) is 10.1. The largest absolute Gasteiger partial charge is 0.394 e. The second kappa shape index (κ2) is 9.58. The lowest BCUT2D eigenvalue weighted by molar-refractivity contribution is -0.148. The molecule has 7 nitrogen and oxygen atoms in total. The van der Waals surface area contributed by atoms with Crippen LogP contribution in [0.2, 0.25) is 0 Å². The van der Waals surface area contributed by atoms with E-state index in [1.807, 2.05) is 24.0 Å². The minimum absolute atomic E-state index is 0.0427. The van der Waals surface area contributed by atoms with Crippen molar-refractivity contribution in [1.82, 2.24) is 14.7 Å². The molecule has 1 spiro atoms. The van der Waals surface area contributed by atoms with Gasteiger partial charge in [-0.15, -0.1) is 11.8 Å². The maximum absolute atomic E-state index is 14.4. The van der Waals surface area contributed by atoms with Crippen LogP contribution in [0.4, 0.5) is 0 Å². The van der Waals surface area contributed by atoms with Crippen molar-refractivity contribution in [3.63, 3.8) is 0 Å². The van der Waals surface area contributed by atoms with Crippen LogP contribution in [0, 0.1) is 17.8 Å². The molecule has 2 fully saturated rings. The Morgan fingerprint density at radius 1 is 1.06 bits per heavy atom. The summed E-state index contributed by atoms with van der Waals surface area (Å²) in [5.41, 5.74) is 0. The molecule has 194 valence electrons. The van der Waals surface area contributed by atoms with Crippen molar-refractivity contribution in [3.05, 3.63) is 24.3 Å². The average Bonchev–Trinajstić information content (AvgIpc) is 3.07. The number of aliphatic hydroxyl groups excluding tert-OH is 1. The predicted octanol–water partition coefficient (Wildman–Crippen LogP) is 2.70. The van der Waals surface area contributed by atoms with Crippen LogP contribution in [-0.2, 0) is 14.4 Å². The minimum atomic E-state index is -0.850. The summed E-state index contributed by atoms with van der Waals surface area (Å²) in [5.74, 6) is -1.25. The SMILES string of the molecule is CCCC(C)N1CC=C[C@]23S[C@@]4(C)C=CCN(C)C(=O)[C@H]4[C@H]2C(=O)N([C@@H](CO)CC(C)C)C3C1=O. The number of thioether (sulfide) groups is 1. The van der Waals surface area contributed by atoms with Crippen LogP contribution in [0.15, 0.2) is 24.3 Å². The zero-order valence-corrected chi connectivity index (χ0v) is 22.8. The summed E-state index contributed by atoms with van der Waals surface area (Å²) >= 11 is 1.60. The molecule has 2 saturated heterocycles. The monoisotopic (exact) mass is 503 g/mol. The number of carbonyl (C=O) groups is 3. The van der Waals surface area contributed by atoms with Crippen LogP contribution in [0.1, 0.15) is 53.9 Å². The van der Waals surface area contributed by atoms with E-state index in [-0.39, 0.29) is 36.3 Å². The van der Waals surface area contributed by atoms with E-state index in [1.165, 1.54) is 0 Å². The Labute approximate surface area is 214 Å². The molecule has 7 atom stereocenters. The molecule has 0 aromatic heterocycles.